The second-order valence-corrected chi connectivity index (χ2v) is 6.00. The largest absolute Gasteiger partial charge is 1.00 e. The van der Waals surface area contributed by atoms with Crippen LogP contribution in [0.2, 0.25) is 0 Å². The Hall–Kier alpha value is -2.28. The molecule has 0 unspecified atom stereocenters. The number of benzene rings is 2. The van der Waals surface area contributed by atoms with E-state index in [0.29, 0.717) is 11.3 Å². The Morgan fingerprint density at radius 1 is 1.00 bits per heavy atom. The van der Waals surface area contributed by atoms with E-state index in [1.54, 1.807) is 48.9 Å². The molecule has 0 spiro atoms. The van der Waals surface area contributed by atoms with Crippen molar-refractivity contribution >= 4 is 24.0 Å². The van der Waals surface area contributed by atoms with Gasteiger partial charge in [0, 0.05) is 51.7 Å². The molecule has 0 aliphatic heterocycles. The van der Waals surface area contributed by atoms with Crippen LogP contribution in [-0.2, 0) is 57.4 Å². The van der Waals surface area contributed by atoms with Crippen LogP contribution in [0.5, 0.6) is 0 Å². The summed E-state index contributed by atoms with van der Waals surface area (Å²) in [5, 5.41) is 11.4. The molecule has 1 aliphatic carbocycles. The van der Waals surface area contributed by atoms with E-state index in [9.17, 15) is 10.1 Å². The van der Waals surface area contributed by atoms with Gasteiger partial charge in [0.25, 0.3) is 5.69 Å². The third-order valence-corrected chi connectivity index (χ3v) is 3.89. The predicted molar refractivity (Wildman–Crippen MR) is 107 cm³/mol. The molecular weight excluding hydrogens is 750 g/mol. The molecule has 1 aliphatic rings. The zero-order chi connectivity index (χ0) is 19.2. The van der Waals surface area contributed by atoms with Crippen molar-refractivity contribution in [1.82, 2.24) is 0 Å². The van der Waals surface area contributed by atoms with Crippen molar-refractivity contribution in [2.75, 3.05) is 5.73 Å². The molecule has 4 nitrogen and oxygen atoms in total. The molecular formula is C22H12Au2N2O2S. The summed E-state index contributed by atoms with van der Waals surface area (Å²) in [6.45, 7) is 0. The second-order valence-electron chi connectivity index (χ2n) is 5.53. The number of hydrogen-bond donors (Lipinski definition) is 1. The number of nitrogens with two attached hydrogens (primary N) is 1. The van der Waals surface area contributed by atoms with Gasteiger partial charge in [0.05, 0.1) is 10.5 Å². The summed E-state index contributed by atoms with van der Waals surface area (Å²) < 4.78 is 0. The summed E-state index contributed by atoms with van der Waals surface area (Å²) in [7, 11) is 0. The Morgan fingerprint density at radius 3 is 2.31 bits per heavy atom. The van der Waals surface area contributed by atoms with Crippen molar-refractivity contribution in [2.45, 2.75) is 4.90 Å². The fourth-order valence-electron chi connectivity index (χ4n) is 2.25. The first-order valence-electron chi connectivity index (χ1n) is 7.88. The van der Waals surface area contributed by atoms with Gasteiger partial charge < -0.3 is 18.4 Å². The SMILES string of the molecule is Nc1cc(C#CC2=CC=C=C[CH]2)c([N+](=O)[O-])cc1C#Cc1ccc([S-])cc1.[Au+].[Au]. The number of anilines is 1. The molecule has 0 amide bonds. The maximum absolute atomic E-state index is 11.4. The molecule has 29 heavy (non-hydrogen) atoms. The fraction of sp³-hybridized carbons (Fsp3) is 0. The molecule has 0 heterocycles. The summed E-state index contributed by atoms with van der Waals surface area (Å²) in [5.74, 6) is 11.5. The van der Waals surface area contributed by atoms with Gasteiger partial charge in [0.2, 0.25) is 0 Å². The van der Waals surface area contributed by atoms with Crippen LogP contribution in [-0.4, -0.2) is 4.92 Å². The molecule has 0 saturated carbocycles. The zero-order valence-electron chi connectivity index (χ0n) is 14.6. The van der Waals surface area contributed by atoms with Crippen LogP contribution in [0.25, 0.3) is 0 Å². The van der Waals surface area contributed by atoms with E-state index in [1.165, 1.54) is 12.1 Å². The van der Waals surface area contributed by atoms with E-state index in [4.69, 9.17) is 18.4 Å². The van der Waals surface area contributed by atoms with Gasteiger partial charge in [-0.25, -0.2) is 0 Å². The van der Waals surface area contributed by atoms with Crippen molar-refractivity contribution in [1.29, 1.82) is 0 Å². The number of nitro benzene ring substituents is 1. The molecule has 0 aromatic heterocycles. The van der Waals surface area contributed by atoms with E-state index in [1.807, 2.05) is 0 Å². The van der Waals surface area contributed by atoms with E-state index in [0.717, 1.165) is 16.0 Å². The van der Waals surface area contributed by atoms with Crippen molar-refractivity contribution in [3.63, 3.8) is 0 Å². The van der Waals surface area contributed by atoms with E-state index in [2.05, 4.69) is 29.4 Å². The maximum Gasteiger partial charge on any atom is 1.00 e. The summed E-state index contributed by atoms with van der Waals surface area (Å²) in [6.07, 6.45) is 7.00. The zero-order valence-corrected chi connectivity index (χ0v) is 19.8. The first kappa shape index (κ1) is 24.8. The number of allylic oxidation sites excluding steroid dienone is 3. The molecule has 2 radical (unpaired) electrons. The molecule has 0 fully saturated rings. The monoisotopic (exact) mass is 762 g/mol. The number of rotatable bonds is 1. The first-order valence-corrected chi connectivity index (χ1v) is 8.29. The molecule has 150 valence electrons. The Morgan fingerprint density at radius 2 is 1.69 bits per heavy atom. The van der Waals surface area contributed by atoms with Crippen molar-refractivity contribution in [3.05, 3.63) is 99.2 Å². The summed E-state index contributed by atoms with van der Waals surface area (Å²) in [6, 6.07) is 9.95. The van der Waals surface area contributed by atoms with Gasteiger partial charge in [-0.05, 0) is 36.4 Å². The van der Waals surface area contributed by atoms with Gasteiger partial charge in [-0.1, -0.05) is 35.8 Å². The van der Waals surface area contributed by atoms with Gasteiger partial charge in [0.1, 0.15) is 5.56 Å². The Balaban J connectivity index is 0.00000210. The van der Waals surface area contributed by atoms with Gasteiger partial charge in [-0.3, -0.25) is 10.1 Å². The summed E-state index contributed by atoms with van der Waals surface area (Å²) >= 11 is 5.03. The van der Waals surface area contributed by atoms with Crippen LogP contribution in [0.3, 0.4) is 0 Å². The number of nitro groups is 1. The average Bonchev–Trinajstić information content (AvgIpc) is 2.67. The molecule has 0 atom stereocenters. The quantitative estimate of drug-likeness (QED) is 0.0917. The van der Waals surface area contributed by atoms with Crippen molar-refractivity contribution < 1.29 is 49.7 Å². The van der Waals surface area contributed by atoms with Crippen LogP contribution in [0, 0.1) is 40.2 Å². The minimum absolute atomic E-state index is 0. The van der Waals surface area contributed by atoms with Crippen LogP contribution < -0.4 is 5.73 Å². The number of nitrogens with zero attached hydrogens (tertiary/aromatic N) is 1. The average molecular weight is 762 g/mol. The molecule has 3 rings (SSSR count). The number of hydrogen-bond acceptors (Lipinski definition) is 4. The smallest absolute Gasteiger partial charge is 0.780 e. The molecule has 0 bridgehead atoms. The summed E-state index contributed by atoms with van der Waals surface area (Å²) in [5.41, 5.74) is 11.2. The van der Waals surface area contributed by atoms with Crippen LogP contribution >= 0.6 is 0 Å². The van der Waals surface area contributed by atoms with Crippen LogP contribution in [0.4, 0.5) is 11.4 Å². The van der Waals surface area contributed by atoms with E-state index in [-0.39, 0.29) is 56.0 Å². The molecule has 2 aromatic rings. The summed E-state index contributed by atoms with van der Waals surface area (Å²) in [4.78, 5) is 11.7. The van der Waals surface area contributed by atoms with Crippen LogP contribution in [0.1, 0.15) is 16.7 Å². The minimum atomic E-state index is -0.487. The molecule has 7 heteroatoms. The van der Waals surface area contributed by atoms with Crippen LogP contribution in [0.15, 0.2) is 70.8 Å². The fourth-order valence-corrected chi connectivity index (χ4v) is 2.39. The Bertz CT molecular complexity index is 1140. The maximum atomic E-state index is 11.4. The Labute approximate surface area is 205 Å². The van der Waals surface area contributed by atoms with Crippen molar-refractivity contribution in [2.24, 2.45) is 0 Å². The third-order valence-electron chi connectivity index (χ3n) is 3.62. The van der Waals surface area contributed by atoms with E-state index < -0.39 is 4.92 Å². The topological polar surface area (TPSA) is 69.2 Å². The molecule has 2 aromatic carbocycles. The van der Waals surface area contributed by atoms with Gasteiger partial charge in [-0.2, -0.15) is 4.90 Å². The van der Waals surface area contributed by atoms with Gasteiger partial charge in [0.15, 0.2) is 0 Å². The Kier molecular flexibility index (Phi) is 9.95. The van der Waals surface area contributed by atoms with Gasteiger partial charge >= 0.3 is 22.4 Å². The third kappa shape index (κ3) is 6.92. The number of nitrogen functional groups attached to an aromatic ring is 1. The molecule has 0 saturated heterocycles. The normalized spacial score (nSPS) is 10.8. The minimum Gasteiger partial charge on any atom is -0.780 e. The molecule has 2 N–H and O–H groups in total. The predicted octanol–water partition coefficient (Wildman–Crippen LogP) is 3.68. The van der Waals surface area contributed by atoms with Gasteiger partial charge in [-0.15, -0.1) is 5.73 Å². The van der Waals surface area contributed by atoms with E-state index >= 15 is 0 Å². The standard InChI is InChI=1S/C22H13N2O2S.2Au/c23-21-14-19(11-7-16-4-2-1-3-5-16)22(24(25)26)15-18(21)10-6-17-8-12-20(27)13-9-17;;/h2-5,8-9,12-15,27H,23H2;;/q;;+1/p-1. The first-order chi connectivity index (χ1) is 13.0. The van der Waals surface area contributed by atoms with Crippen molar-refractivity contribution in [3.8, 4) is 23.7 Å². The second kappa shape index (κ2) is 11.7.